The Morgan fingerprint density at radius 1 is 0.935 bits per heavy atom. The van der Waals surface area contributed by atoms with Crippen LogP contribution in [0.5, 0.6) is 5.75 Å². The number of esters is 1. The van der Waals surface area contributed by atoms with Crippen molar-refractivity contribution in [3.63, 3.8) is 0 Å². The van der Waals surface area contributed by atoms with Gasteiger partial charge >= 0.3 is 12.6 Å². The van der Waals surface area contributed by atoms with E-state index in [1.807, 2.05) is 11.6 Å². The summed E-state index contributed by atoms with van der Waals surface area (Å²) in [5.41, 5.74) is 0.498. The third-order valence-corrected chi connectivity index (χ3v) is 4.67. The van der Waals surface area contributed by atoms with E-state index < -0.39 is 31.0 Å². The lowest BCUT2D eigenvalue weighted by atomic mass is 10.1. The first-order valence-corrected chi connectivity index (χ1v) is 10.2. The van der Waals surface area contributed by atoms with Crippen LogP contribution in [0.15, 0.2) is 53.4 Å². The number of ketones is 1. The van der Waals surface area contributed by atoms with E-state index in [2.05, 4.69) is 4.74 Å². The number of carbonyl (C=O) groups is 4. The first-order chi connectivity index (χ1) is 14.8. The van der Waals surface area contributed by atoms with Crippen LogP contribution < -0.4 is 10.1 Å². The molecule has 0 aliphatic heterocycles. The van der Waals surface area contributed by atoms with Crippen molar-refractivity contribution in [3.8, 4) is 5.75 Å². The van der Waals surface area contributed by atoms with Crippen molar-refractivity contribution in [1.82, 2.24) is 5.32 Å². The molecule has 0 radical (unpaired) electrons. The normalized spacial score (nSPS) is 10.5. The summed E-state index contributed by atoms with van der Waals surface area (Å²) in [7, 11) is 0. The lowest BCUT2D eigenvalue weighted by molar-refractivity contribution is -0.148. The Bertz CT molecular complexity index is 932. The van der Waals surface area contributed by atoms with Gasteiger partial charge in [0.05, 0.1) is 6.42 Å². The van der Waals surface area contributed by atoms with Crippen LogP contribution in [0.4, 0.5) is 8.78 Å². The van der Waals surface area contributed by atoms with Crippen molar-refractivity contribution < 1.29 is 37.4 Å². The van der Waals surface area contributed by atoms with Gasteiger partial charge in [-0.3, -0.25) is 24.5 Å². The minimum atomic E-state index is -2.99. The van der Waals surface area contributed by atoms with Gasteiger partial charge in [-0.25, -0.2) is 0 Å². The van der Waals surface area contributed by atoms with Crippen LogP contribution in [0, 0.1) is 0 Å². The van der Waals surface area contributed by atoms with Gasteiger partial charge in [0.15, 0.2) is 12.4 Å². The van der Waals surface area contributed by atoms with Crippen molar-refractivity contribution in [2.24, 2.45) is 0 Å². The number of Topliss-reactive ketones (excluding diaryl/α,β-unsaturated/α-hetero) is 1. The molecule has 10 heteroatoms. The van der Waals surface area contributed by atoms with Crippen LogP contribution in [-0.4, -0.2) is 43.0 Å². The van der Waals surface area contributed by atoms with Gasteiger partial charge in [0, 0.05) is 22.4 Å². The molecule has 0 aromatic heterocycles. The van der Waals surface area contributed by atoms with Crippen LogP contribution in [0.3, 0.4) is 0 Å². The number of hydrogen-bond donors (Lipinski definition) is 1. The second-order valence-electron chi connectivity index (χ2n) is 6.09. The molecule has 0 atom stereocenters. The smallest absolute Gasteiger partial charge is 0.387 e. The highest BCUT2D eigenvalue weighted by atomic mass is 32.2. The van der Waals surface area contributed by atoms with E-state index in [1.165, 1.54) is 12.1 Å². The lowest BCUT2D eigenvalue weighted by Crippen LogP contribution is -2.34. The van der Waals surface area contributed by atoms with Crippen molar-refractivity contribution >= 4 is 35.3 Å². The molecular formula is C21H19F2NO6S. The number of amides is 2. The maximum Gasteiger partial charge on any atom is 0.387 e. The first-order valence-electron chi connectivity index (χ1n) is 9.00. The Morgan fingerprint density at radius 3 is 2.13 bits per heavy atom. The highest BCUT2D eigenvalue weighted by molar-refractivity contribution is 7.98. The Morgan fingerprint density at radius 2 is 1.55 bits per heavy atom. The predicted molar refractivity (Wildman–Crippen MR) is 108 cm³/mol. The monoisotopic (exact) mass is 451 g/mol. The van der Waals surface area contributed by atoms with Crippen molar-refractivity contribution in [3.05, 3.63) is 59.7 Å². The van der Waals surface area contributed by atoms with Crippen LogP contribution in [0.25, 0.3) is 0 Å². The van der Waals surface area contributed by atoms with E-state index in [0.29, 0.717) is 5.56 Å². The first kappa shape index (κ1) is 24.0. The number of carbonyl (C=O) groups excluding carboxylic acids is 4. The maximum absolute atomic E-state index is 12.1. The fourth-order valence-corrected chi connectivity index (χ4v) is 2.79. The van der Waals surface area contributed by atoms with E-state index >= 15 is 0 Å². The highest BCUT2D eigenvalue weighted by Gasteiger charge is 2.15. The number of rotatable bonds is 10. The summed E-state index contributed by atoms with van der Waals surface area (Å²) < 4.78 is 33.1. The van der Waals surface area contributed by atoms with E-state index in [1.54, 1.807) is 36.0 Å². The quantitative estimate of drug-likeness (QED) is 0.335. The van der Waals surface area contributed by atoms with Crippen LogP contribution in [0.1, 0.15) is 33.6 Å². The molecule has 31 heavy (non-hydrogen) atoms. The fraction of sp³-hybridized carbons (Fsp3) is 0.238. The minimum Gasteiger partial charge on any atom is -0.456 e. The van der Waals surface area contributed by atoms with Gasteiger partial charge in [-0.15, -0.1) is 11.8 Å². The number of ether oxygens (including phenoxy) is 2. The summed E-state index contributed by atoms with van der Waals surface area (Å²) >= 11 is 1.54. The molecule has 0 bridgehead atoms. The van der Waals surface area contributed by atoms with Gasteiger partial charge < -0.3 is 9.47 Å². The zero-order valence-corrected chi connectivity index (χ0v) is 17.2. The molecule has 2 aromatic carbocycles. The summed E-state index contributed by atoms with van der Waals surface area (Å²) in [4.78, 5) is 48.5. The summed E-state index contributed by atoms with van der Waals surface area (Å²) in [6.45, 7) is -3.69. The molecule has 0 unspecified atom stereocenters. The Kier molecular flexibility index (Phi) is 9.13. The van der Waals surface area contributed by atoms with E-state index in [4.69, 9.17) is 4.74 Å². The topological polar surface area (TPSA) is 98.8 Å². The van der Waals surface area contributed by atoms with E-state index in [9.17, 15) is 28.0 Å². The van der Waals surface area contributed by atoms with Crippen molar-refractivity contribution in [2.75, 3.05) is 12.9 Å². The molecule has 2 amide bonds. The summed E-state index contributed by atoms with van der Waals surface area (Å²) in [5.74, 6) is -2.80. The van der Waals surface area contributed by atoms with Gasteiger partial charge in [0.2, 0.25) is 0 Å². The SMILES string of the molecule is CSc1ccc(C(=O)CCC(=O)OCC(=O)NC(=O)c2ccc(OC(F)F)cc2)cc1. The molecule has 1 N–H and O–H groups in total. The largest absolute Gasteiger partial charge is 0.456 e. The van der Waals surface area contributed by atoms with Crippen LogP contribution in [0.2, 0.25) is 0 Å². The molecule has 0 saturated heterocycles. The number of alkyl halides is 2. The summed E-state index contributed by atoms with van der Waals surface area (Å²) in [5, 5.41) is 2.00. The third-order valence-electron chi connectivity index (χ3n) is 3.93. The van der Waals surface area contributed by atoms with E-state index in [0.717, 1.165) is 17.0 Å². The van der Waals surface area contributed by atoms with Gasteiger partial charge in [0.25, 0.3) is 11.8 Å². The number of thioether (sulfide) groups is 1. The van der Waals surface area contributed by atoms with Gasteiger partial charge in [0.1, 0.15) is 5.75 Å². The lowest BCUT2D eigenvalue weighted by Gasteiger charge is -2.07. The Labute approximate surface area is 181 Å². The van der Waals surface area contributed by atoms with Crippen molar-refractivity contribution in [1.29, 1.82) is 0 Å². The zero-order chi connectivity index (χ0) is 22.8. The Hall–Kier alpha value is -3.27. The molecule has 2 aromatic rings. The maximum atomic E-state index is 12.1. The molecule has 0 aliphatic rings. The zero-order valence-electron chi connectivity index (χ0n) is 16.4. The molecule has 2 rings (SSSR count). The molecule has 0 fully saturated rings. The standard InChI is InChI=1S/C21H19F2NO6S/c1-31-16-8-4-13(5-9-16)17(25)10-11-19(27)29-12-18(26)24-20(28)14-2-6-15(7-3-14)30-21(22)23/h2-9,21H,10-12H2,1H3,(H,24,26,28). The third kappa shape index (κ3) is 8.17. The summed E-state index contributed by atoms with van der Waals surface area (Å²) in [6.07, 6.45) is 1.62. The van der Waals surface area contributed by atoms with Crippen LogP contribution in [-0.2, 0) is 14.3 Å². The predicted octanol–water partition coefficient (Wildman–Crippen LogP) is 3.47. The minimum absolute atomic E-state index is 0.0272. The van der Waals surface area contributed by atoms with Crippen LogP contribution >= 0.6 is 11.8 Å². The van der Waals surface area contributed by atoms with Gasteiger partial charge in [-0.1, -0.05) is 12.1 Å². The molecule has 0 spiro atoms. The average molecular weight is 451 g/mol. The number of benzene rings is 2. The average Bonchev–Trinajstić information content (AvgIpc) is 2.76. The van der Waals surface area contributed by atoms with E-state index in [-0.39, 0.29) is 29.9 Å². The van der Waals surface area contributed by atoms with Gasteiger partial charge in [-0.2, -0.15) is 8.78 Å². The number of halogens is 2. The second kappa shape index (κ2) is 11.8. The molecule has 0 saturated carbocycles. The molecule has 7 nitrogen and oxygen atoms in total. The Balaban J connectivity index is 1.72. The van der Waals surface area contributed by atoms with Gasteiger partial charge in [-0.05, 0) is 42.7 Å². The number of imide groups is 1. The number of nitrogens with one attached hydrogen (secondary N) is 1. The molecule has 164 valence electrons. The summed E-state index contributed by atoms with van der Waals surface area (Å²) in [6, 6.07) is 11.6. The second-order valence-corrected chi connectivity index (χ2v) is 6.97. The molecule has 0 heterocycles. The molecule has 0 aliphatic carbocycles. The molecular weight excluding hydrogens is 432 g/mol. The number of hydrogen-bond acceptors (Lipinski definition) is 7. The highest BCUT2D eigenvalue weighted by Crippen LogP contribution is 2.16. The van der Waals surface area contributed by atoms with Crippen molar-refractivity contribution in [2.45, 2.75) is 24.3 Å². The fourth-order valence-electron chi connectivity index (χ4n) is 2.38.